The Morgan fingerprint density at radius 1 is 1.25 bits per heavy atom. The van der Waals surface area contributed by atoms with Crippen LogP contribution in [0.2, 0.25) is 0 Å². The number of halogens is 3. The van der Waals surface area contributed by atoms with Crippen LogP contribution in [-0.2, 0) is 16.0 Å². The van der Waals surface area contributed by atoms with Gasteiger partial charge >= 0.3 is 0 Å². The minimum absolute atomic E-state index is 0. The molecule has 114 valence electrons. The zero-order valence-electron chi connectivity index (χ0n) is 11.2. The number of methoxy groups -OCH3 is 1. The fourth-order valence-corrected chi connectivity index (χ4v) is 1.49. The van der Waals surface area contributed by atoms with Gasteiger partial charge in [-0.2, -0.15) is 0 Å². The molecule has 0 aliphatic rings. The van der Waals surface area contributed by atoms with E-state index in [0.717, 1.165) is 12.1 Å². The molecule has 0 unspecified atom stereocenters. The minimum Gasteiger partial charge on any atom is -0.383 e. The molecule has 4 nitrogen and oxygen atoms in total. The second-order valence-electron chi connectivity index (χ2n) is 4.01. The zero-order valence-corrected chi connectivity index (χ0v) is 12.1. The highest BCUT2D eigenvalue weighted by Crippen LogP contribution is 2.09. The van der Waals surface area contributed by atoms with Crippen LogP contribution in [-0.4, -0.2) is 39.3 Å². The molecule has 0 spiro atoms. The molecule has 0 aliphatic carbocycles. The fourth-order valence-electron chi connectivity index (χ4n) is 1.49. The average Bonchev–Trinajstić information content (AvgIpc) is 2.37. The molecule has 0 fully saturated rings. The molecule has 0 atom stereocenters. The lowest BCUT2D eigenvalue weighted by Crippen LogP contribution is -2.34. The molecule has 7 heteroatoms. The van der Waals surface area contributed by atoms with Crippen molar-refractivity contribution in [1.82, 2.24) is 10.6 Å². The summed E-state index contributed by atoms with van der Waals surface area (Å²) in [5.41, 5.74) is 0.186. The van der Waals surface area contributed by atoms with Crippen LogP contribution in [0.4, 0.5) is 8.78 Å². The maximum Gasteiger partial charge on any atom is 0.224 e. The average molecular weight is 309 g/mol. The van der Waals surface area contributed by atoms with Crippen LogP contribution in [0.3, 0.4) is 0 Å². The Hall–Kier alpha value is -1.24. The monoisotopic (exact) mass is 308 g/mol. The highest BCUT2D eigenvalue weighted by molar-refractivity contribution is 5.85. The zero-order chi connectivity index (χ0) is 14.1. The number of hydrogen-bond acceptors (Lipinski definition) is 3. The molecule has 1 amide bonds. The minimum atomic E-state index is -0.701. The third kappa shape index (κ3) is 7.37. The van der Waals surface area contributed by atoms with E-state index in [1.165, 1.54) is 6.07 Å². The third-order valence-electron chi connectivity index (χ3n) is 2.47. The van der Waals surface area contributed by atoms with Gasteiger partial charge in [0.15, 0.2) is 0 Å². The second kappa shape index (κ2) is 10.5. The number of amides is 1. The first-order valence-electron chi connectivity index (χ1n) is 6.03. The van der Waals surface area contributed by atoms with E-state index in [4.69, 9.17) is 4.74 Å². The quantitative estimate of drug-likeness (QED) is 0.711. The van der Waals surface area contributed by atoms with E-state index in [9.17, 15) is 13.6 Å². The standard InChI is InChI=1S/C13H18F2N2O2.ClH/c1-19-7-6-16-4-5-17-13(18)8-10-2-3-11(14)9-12(10)15;/h2-3,9,16H,4-8H2,1H3,(H,17,18);1H. The van der Waals surface area contributed by atoms with Crippen molar-refractivity contribution in [3.05, 3.63) is 35.4 Å². The van der Waals surface area contributed by atoms with Crippen molar-refractivity contribution in [2.75, 3.05) is 33.4 Å². The van der Waals surface area contributed by atoms with Gasteiger partial charge in [0, 0.05) is 32.8 Å². The van der Waals surface area contributed by atoms with Gasteiger partial charge in [-0.1, -0.05) is 6.07 Å². The van der Waals surface area contributed by atoms with E-state index in [1.54, 1.807) is 7.11 Å². The first-order chi connectivity index (χ1) is 9.13. The third-order valence-corrected chi connectivity index (χ3v) is 2.47. The summed E-state index contributed by atoms with van der Waals surface area (Å²) in [5.74, 6) is -1.64. The normalized spacial score (nSPS) is 9.95. The highest BCUT2D eigenvalue weighted by atomic mass is 35.5. The van der Waals surface area contributed by atoms with Crippen molar-refractivity contribution in [2.45, 2.75) is 6.42 Å². The summed E-state index contributed by atoms with van der Waals surface area (Å²) < 4.78 is 30.8. The Balaban J connectivity index is 0.00000361. The Labute approximate surface area is 123 Å². The molecule has 0 bridgehead atoms. The maximum atomic E-state index is 13.3. The van der Waals surface area contributed by atoms with Crippen molar-refractivity contribution in [1.29, 1.82) is 0 Å². The SMILES string of the molecule is COCCNCCNC(=O)Cc1ccc(F)cc1F.Cl. The van der Waals surface area contributed by atoms with Crippen LogP contribution in [0.25, 0.3) is 0 Å². The lowest BCUT2D eigenvalue weighted by atomic mass is 10.1. The van der Waals surface area contributed by atoms with E-state index >= 15 is 0 Å². The van der Waals surface area contributed by atoms with E-state index in [0.29, 0.717) is 26.2 Å². The second-order valence-corrected chi connectivity index (χ2v) is 4.01. The van der Waals surface area contributed by atoms with E-state index in [1.807, 2.05) is 0 Å². The Morgan fingerprint density at radius 3 is 2.65 bits per heavy atom. The molecular formula is C13H19ClF2N2O2. The van der Waals surface area contributed by atoms with Crippen LogP contribution in [0.15, 0.2) is 18.2 Å². The smallest absolute Gasteiger partial charge is 0.224 e. The lowest BCUT2D eigenvalue weighted by molar-refractivity contribution is -0.120. The molecule has 2 N–H and O–H groups in total. The van der Waals surface area contributed by atoms with E-state index < -0.39 is 11.6 Å². The molecule has 0 saturated heterocycles. The Bertz CT molecular complexity index is 419. The van der Waals surface area contributed by atoms with Crippen molar-refractivity contribution in [3.8, 4) is 0 Å². The lowest BCUT2D eigenvalue weighted by Gasteiger charge is -2.07. The summed E-state index contributed by atoms with van der Waals surface area (Å²) in [6.45, 7) is 2.38. The molecule has 0 aromatic heterocycles. The topological polar surface area (TPSA) is 50.4 Å². The molecular weight excluding hydrogens is 290 g/mol. The van der Waals surface area contributed by atoms with E-state index in [-0.39, 0.29) is 30.3 Å². The Kier molecular flexibility index (Phi) is 9.88. The number of benzene rings is 1. The van der Waals surface area contributed by atoms with Crippen LogP contribution in [0.5, 0.6) is 0 Å². The van der Waals surface area contributed by atoms with Gasteiger partial charge in [0.05, 0.1) is 13.0 Å². The summed E-state index contributed by atoms with van der Waals surface area (Å²) in [5, 5.41) is 5.71. The molecule has 0 heterocycles. The number of carbonyl (C=O) groups excluding carboxylic acids is 1. The summed E-state index contributed by atoms with van der Waals surface area (Å²) in [6.07, 6.45) is -0.0931. The van der Waals surface area contributed by atoms with Crippen molar-refractivity contribution in [2.24, 2.45) is 0 Å². The number of nitrogens with one attached hydrogen (secondary N) is 2. The number of hydrogen-bond donors (Lipinski definition) is 2. The predicted molar refractivity (Wildman–Crippen MR) is 75.1 cm³/mol. The van der Waals surface area contributed by atoms with Gasteiger partial charge in [0.25, 0.3) is 0 Å². The van der Waals surface area contributed by atoms with Gasteiger partial charge in [0.1, 0.15) is 11.6 Å². The van der Waals surface area contributed by atoms with E-state index in [2.05, 4.69) is 10.6 Å². The van der Waals surface area contributed by atoms with Crippen LogP contribution >= 0.6 is 12.4 Å². The van der Waals surface area contributed by atoms with Gasteiger partial charge in [-0.05, 0) is 11.6 Å². The van der Waals surface area contributed by atoms with Crippen LogP contribution < -0.4 is 10.6 Å². The van der Waals surface area contributed by atoms with Crippen molar-refractivity contribution < 1.29 is 18.3 Å². The largest absolute Gasteiger partial charge is 0.383 e. The van der Waals surface area contributed by atoms with Crippen LogP contribution in [0.1, 0.15) is 5.56 Å². The molecule has 0 saturated carbocycles. The molecule has 1 aromatic carbocycles. The molecule has 0 aliphatic heterocycles. The van der Waals surface area contributed by atoms with Crippen molar-refractivity contribution in [3.63, 3.8) is 0 Å². The molecule has 0 radical (unpaired) electrons. The van der Waals surface area contributed by atoms with Gasteiger partial charge < -0.3 is 15.4 Å². The molecule has 20 heavy (non-hydrogen) atoms. The summed E-state index contributed by atoms with van der Waals surface area (Å²) in [7, 11) is 1.61. The summed E-state index contributed by atoms with van der Waals surface area (Å²) >= 11 is 0. The number of ether oxygens (including phenoxy) is 1. The summed E-state index contributed by atoms with van der Waals surface area (Å²) in [6, 6.07) is 3.19. The summed E-state index contributed by atoms with van der Waals surface area (Å²) in [4.78, 5) is 11.5. The molecule has 1 rings (SSSR count). The first kappa shape index (κ1) is 18.8. The fraction of sp³-hybridized carbons (Fsp3) is 0.462. The highest BCUT2D eigenvalue weighted by Gasteiger charge is 2.08. The van der Waals surface area contributed by atoms with Gasteiger partial charge in [-0.3, -0.25) is 4.79 Å². The maximum absolute atomic E-state index is 13.3. The first-order valence-corrected chi connectivity index (χ1v) is 6.03. The Morgan fingerprint density at radius 2 is 2.00 bits per heavy atom. The number of carbonyl (C=O) groups is 1. The van der Waals surface area contributed by atoms with Crippen molar-refractivity contribution >= 4 is 18.3 Å². The van der Waals surface area contributed by atoms with Gasteiger partial charge in [-0.15, -0.1) is 12.4 Å². The molecule has 1 aromatic rings. The number of rotatable bonds is 8. The predicted octanol–water partition coefficient (Wildman–Crippen LogP) is 1.28. The van der Waals surface area contributed by atoms with Crippen LogP contribution in [0, 0.1) is 11.6 Å². The van der Waals surface area contributed by atoms with Gasteiger partial charge in [-0.25, -0.2) is 8.78 Å². The van der Waals surface area contributed by atoms with Gasteiger partial charge in [0.2, 0.25) is 5.91 Å².